The van der Waals surface area contributed by atoms with Crippen LogP contribution < -0.4 is 0 Å². The lowest BCUT2D eigenvalue weighted by molar-refractivity contribution is 0.591. The quantitative estimate of drug-likeness (QED) is 0.698. The highest BCUT2D eigenvalue weighted by Crippen LogP contribution is 2.26. The maximum absolute atomic E-state index is 13.6. The van der Waals surface area contributed by atoms with Gasteiger partial charge in [0, 0.05) is 11.6 Å². The molecule has 0 amide bonds. The lowest BCUT2D eigenvalue weighted by atomic mass is 10.1. The molecular formula is C15H12F2N2. The number of H-pyrrole nitrogens is 1. The van der Waals surface area contributed by atoms with E-state index >= 15 is 0 Å². The first-order chi connectivity index (χ1) is 9.04. The maximum Gasteiger partial charge on any atom is 0.153 e. The number of nitrogens with one attached hydrogen (secondary N) is 1. The molecule has 0 spiro atoms. The fourth-order valence-electron chi connectivity index (χ4n) is 2.16. The molecule has 2 aromatic carbocycles. The third-order valence-electron chi connectivity index (χ3n) is 3.15. The summed E-state index contributed by atoms with van der Waals surface area (Å²) in [4.78, 5) is 7.20. The van der Waals surface area contributed by atoms with Crippen molar-refractivity contribution in [2.24, 2.45) is 0 Å². The van der Waals surface area contributed by atoms with E-state index in [2.05, 4.69) is 9.97 Å². The van der Waals surface area contributed by atoms with Crippen LogP contribution in [0.5, 0.6) is 0 Å². The summed E-state index contributed by atoms with van der Waals surface area (Å²) in [5, 5.41) is 0. The summed E-state index contributed by atoms with van der Waals surface area (Å²) in [6.07, 6.45) is 0. The number of aryl methyl sites for hydroxylation is 2. The summed E-state index contributed by atoms with van der Waals surface area (Å²) in [6, 6.07) is 8.05. The third-order valence-corrected chi connectivity index (χ3v) is 3.15. The number of halogens is 2. The van der Waals surface area contributed by atoms with Crippen LogP contribution in [0, 0.1) is 25.5 Å². The second-order valence-corrected chi connectivity index (χ2v) is 4.69. The van der Waals surface area contributed by atoms with Crippen molar-refractivity contribution in [2.45, 2.75) is 13.8 Å². The summed E-state index contributed by atoms with van der Waals surface area (Å²) in [5.41, 5.74) is 3.56. The second-order valence-electron chi connectivity index (χ2n) is 4.69. The molecule has 0 bridgehead atoms. The van der Waals surface area contributed by atoms with Gasteiger partial charge in [-0.15, -0.1) is 0 Å². The van der Waals surface area contributed by atoms with Gasteiger partial charge in [-0.05, 0) is 31.5 Å². The smallest absolute Gasteiger partial charge is 0.153 e. The minimum Gasteiger partial charge on any atom is -0.338 e. The SMILES string of the molecule is Cc1ccc(C)c(-c2nc3c(F)cc(F)cc3[nH]2)c1. The van der Waals surface area contributed by atoms with Gasteiger partial charge < -0.3 is 4.98 Å². The lowest BCUT2D eigenvalue weighted by Gasteiger charge is -2.03. The molecule has 3 rings (SSSR count). The zero-order chi connectivity index (χ0) is 13.6. The molecular weight excluding hydrogens is 246 g/mol. The van der Waals surface area contributed by atoms with Crippen LogP contribution in [0.4, 0.5) is 8.78 Å². The zero-order valence-electron chi connectivity index (χ0n) is 10.6. The van der Waals surface area contributed by atoms with Crippen LogP contribution in [0.2, 0.25) is 0 Å². The highest BCUT2D eigenvalue weighted by Gasteiger charge is 2.12. The molecule has 96 valence electrons. The van der Waals surface area contributed by atoms with Crippen molar-refractivity contribution in [1.29, 1.82) is 0 Å². The van der Waals surface area contributed by atoms with E-state index in [0.29, 0.717) is 11.3 Å². The molecule has 0 aliphatic heterocycles. The molecule has 4 heteroatoms. The van der Waals surface area contributed by atoms with Crippen LogP contribution >= 0.6 is 0 Å². The molecule has 3 aromatic rings. The van der Waals surface area contributed by atoms with Gasteiger partial charge in [0.2, 0.25) is 0 Å². The van der Waals surface area contributed by atoms with Gasteiger partial charge in [0.1, 0.15) is 17.2 Å². The molecule has 1 heterocycles. The largest absolute Gasteiger partial charge is 0.338 e. The Balaban J connectivity index is 2.26. The summed E-state index contributed by atoms with van der Waals surface area (Å²) in [5.74, 6) is -0.704. The monoisotopic (exact) mass is 258 g/mol. The van der Waals surface area contributed by atoms with Crippen molar-refractivity contribution in [1.82, 2.24) is 9.97 Å². The average molecular weight is 258 g/mol. The van der Waals surface area contributed by atoms with Gasteiger partial charge in [0.25, 0.3) is 0 Å². The molecule has 1 N–H and O–H groups in total. The van der Waals surface area contributed by atoms with E-state index in [4.69, 9.17) is 0 Å². The Morgan fingerprint density at radius 2 is 1.84 bits per heavy atom. The molecule has 0 radical (unpaired) electrons. The summed E-state index contributed by atoms with van der Waals surface area (Å²) in [7, 11) is 0. The number of rotatable bonds is 1. The van der Waals surface area contributed by atoms with Gasteiger partial charge in [0.05, 0.1) is 5.52 Å². The lowest BCUT2D eigenvalue weighted by Crippen LogP contribution is -1.86. The maximum atomic E-state index is 13.6. The van der Waals surface area contributed by atoms with E-state index in [9.17, 15) is 8.78 Å². The highest BCUT2D eigenvalue weighted by atomic mass is 19.1. The topological polar surface area (TPSA) is 28.7 Å². The number of hydrogen-bond acceptors (Lipinski definition) is 1. The fourth-order valence-corrected chi connectivity index (χ4v) is 2.16. The van der Waals surface area contributed by atoms with Gasteiger partial charge >= 0.3 is 0 Å². The molecule has 0 aliphatic rings. The molecule has 0 unspecified atom stereocenters. The number of hydrogen-bond donors (Lipinski definition) is 1. The van der Waals surface area contributed by atoms with Crippen LogP contribution in [0.15, 0.2) is 30.3 Å². The zero-order valence-corrected chi connectivity index (χ0v) is 10.6. The molecule has 2 nitrogen and oxygen atoms in total. The first kappa shape index (κ1) is 11.8. The number of imidazole rings is 1. The molecule has 0 saturated heterocycles. The Morgan fingerprint density at radius 1 is 1.05 bits per heavy atom. The van der Waals surface area contributed by atoms with Crippen molar-refractivity contribution >= 4 is 11.0 Å². The number of aromatic nitrogens is 2. The second kappa shape index (κ2) is 4.16. The van der Waals surface area contributed by atoms with Crippen LogP contribution in [-0.4, -0.2) is 9.97 Å². The number of benzene rings is 2. The normalized spacial score (nSPS) is 11.2. The number of fused-ring (bicyclic) bond motifs is 1. The summed E-state index contributed by atoms with van der Waals surface area (Å²) in [6.45, 7) is 3.94. The Bertz CT molecular complexity index is 775. The molecule has 0 aliphatic carbocycles. The van der Waals surface area contributed by atoms with Crippen LogP contribution in [0.1, 0.15) is 11.1 Å². The molecule has 0 saturated carbocycles. The number of aromatic amines is 1. The van der Waals surface area contributed by atoms with Gasteiger partial charge in [-0.25, -0.2) is 13.8 Å². The van der Waals surface area contributed by atoms with Gasteiger partial charge in [-0.1, -0.05) is 17.7 Å². The van der Waals surface area contributed by atoms with E-state index in [0.717, 1.165) is 22.8 Å². The van der Waals surface area contributed by atoms with Crippen molar-refractivity contribution in [3.63, 3.8) is 0 Å². The first-order valence-electron chi connectivity index (χ1n) is 5.97. The van der Waals surface area contributed by atoms with Gasteiger partial charge in [0.15, 0.2) is 5.82 Å². The number of nitrogens with zero attached hydrogens (tertiary/aromatic N) is 1. The minimum atomic E-state index is -0.650. The Labute approximate surface area is 109 Å². The summed E-state index contributed by atoms with van der Waals surface area (Å²) >= 11 is 0. The molecule has 0 fully saturated rings. The van der Waals surface area contributed by atoms with Crippen molar-refractivity contribution in [2.75, 3.05) is 0 Å². The predicted octanol–water partition coefficient (Wildman–Crippen LogP) is 4.12. The predicted molar refractivity (Wildman–Crippen MR) is 70.9 cm³/mol. The van der Waals surface area contributed by atoms with Crippen molar-refractivity contribution in [3.8, 4) is 11.4 Å². The standard InChI is InChI=1S/C15H12F2N2/c1-8-3-4-9(2)11(5-8)15-18-13-7-10(16)6-12(17)14(13)19-15/h3-7H,1-2H3,(H,18,19). The van der Waals surface area contributed by atoms with Crippen LogP contribution in [0.25, 0.3) is 22.4 Å². The van der Waals surface area contributed by atoms with E-state index in [1.807, 2.05) is 32.0 Å². The van der Waals surface area contributed by atoms with Crippen molar-refractivity contribution in [3.05, 3.63) is 53.1 Å². The first-order valence-corrected chi connectivity index (χ1v) is 5.97. The van der Waals surface area contributed by atoms with Crippen molar-refractivity contribution < 1.29 is 8.78 Å². The van der Waals surface area contributed by atoms with Gasteiger partial charge in [-0.2, -0.15) is 0 Å². The van der Waals surface area contributed by atoms with E-state index < -0.39 is 11.6 Å². The van der Waals surface area contributed by atoms with Crippen LogP contribution in [0.3, 0.4) is 0 Å². The molecule has 0 atom stereocenters. The summed E-state index contributed by atoms with van der Waals surface area (Å²) < 4.78 is 26.8. The fraction of sp³-hybridized carbons (Fsp3) is 0.133. The average Bonchev–Trinajstić information content (AvgIpc) is 2.76. The van der Waals surface area contributed by atoms with Crippen LogP contribution in [-0.2, 0) is 0 Å². The van der Waals surface area contributed by atoms with E-state index in [1.165, 1.54) is 6.07 Å². The Morgan fingerprint density at radius 3 is 2.63 bits per heavy atom. The Kier molecular flexibility index (Phi) is 2.59. The molecule has 19 heavy (non-hydrogen) atoms. The minimum absolute atomic E-state index is 0.164. The van der Waals surface area contributed by atoms with E-state index in [-0.39, 0.29) is 5.52 Å². The van der Waals surface area contributed by atoms with Gasteiger partial charge in [-0.3, -0.25) is 0 Å². The Hall–Kier alpha value is -2.23. The third kappa shape index (κ3) is 1.99. The highest BCUT2D eigenvalue weighted by molar-refractivity contribution is 5.80. The molecule has 1 aromatic heterocycles. The van der Waals surface area contributed by atoms with E-state index in [1.54, 1.807) is 0 Å².